The Morgan fingerprint density at radius 2 is 1.46 bits per heavy atom. The summed E-state index contributed by atoms with van der Waals surface area (Å²) in [6.07, 6.45) is 0. The molecule has 3 aromatic carbocycles. The van der Waals surface area contributed by atoms with Gasteiger partial charge in [0.05, 0.1) is 24.9 Å². The number of rotatable bonds is 7. The number of anilines is 1. The number of amides is 4. The lowest BCUT2D eigenvalue weighted by Gasteiger charge is -2.28. The molecule has 1 heterocycles. The summed E-state index contributed by atoms with van der Waals surface area (Å²) in [5.74, 6) is -0.0434. The molecule has 35 heavy (non-hydrogen) atoms. The van der Waals surface area contributed by atoms with Crippen LogP contribution in [0.5, 0.6) is 11.5 Å². The Bertz CT molecular complexity index is 1230. The van der Waals surface area contributed by atoms with E-state index in [4.69, 9.17) is 32.7 Å². The van der Waals surface area contributed by atoms with Gasteiger partial charge in [0.2, 0.25) is 5.91 Å². The Morgan fingerprint density at radius 3 is 1.97 bits per heavy atom. The van der Waals surface area contributed by atoms with E-state index in [1.165, 1.54) is 26.4 Å². The van der Waals surface area contributed by atoms with Crippen LogP contribution in [0.3, 0.4) is 0 Å². The number of carbonyl (C=O) groups excluding carboxylic acids is 3. The van der Waals surface area contributed by atoms with Crippen LogP contribution in [0, 0.1) is 0 Å². The lowest BCUT2D eigenvalue weighted by atomic mass is 9.82. The first kappa shape index (κ1) is 24.4. The summed E-state index contributed by atoms with van der Waals surface area (Å²) in [4.78, 5) is 40.4. The summed E-state index contributed by atoms with van der Waals surface area (Å²) in [7, 11) is 3.06. The maximum atomic E-state index is 13.8. The normalized spacial score (nSPS) is 14.5. The van der Waals surface area contributed by atoms with Crippen molar-refractivity contribution in [1.29, 1.82) is 0 Å². The van der Waals surface area contributed by atoms with Gasteiger partial charge in [0.15, 0.2) is 5.54 Å². The lowest BCUT2D eigenvalue weighted by molar-refractivity contribution is -0.133. The van der Waals surface area contributed by atoms with Crippen LogP contribution in [0.2, 0.25) is 10.0 Å². The monoisotopic (exact) mass is 513 g/mol. The van der Waals surface area contributed by atoms with E-state index >= 15 is 0 Å². The van der Waals surface area contributed by atoms with Crippen molar-refractivity contribution in [3.63, 3.8) is 0 Å². The van der Waals surface area contributed by atoms with Crippen molar-refractivity contribution < 1.29 is 23.9 Å². The third-order valence-corrected chi connectivity index (χ3v) is 6.22. The lowest BCUT2D eigenvalue weighted by Crippen LogP contribution is -2.45. The Labute approximate surface area is 211 Å². The SMILES string of the molecule is COc1ccc(C2(c3ccc(OC)cc3)NC(=O)N(CC(=O)Nc3cc(Cl)ccc3Cl)C2=O)cc1. The predicted octanol–water partition coefficient (Wildman–Crippen LogP) is 4.44. The van der Waals surface area contributed by atoms with Crippen LogP contribution in [-0.2, 0) is 15.1 Å². The first-order valence-corrected chi connectivity index (χ1v) is 11.2. The summed E-state index contributed by atoms with van der Waals surface area (Å²) < 4.78 is 10.4. The number of urea groups is 1. The summed E-state index contributed by atoms with van der Waals surface area (Å²) in [5.41, 5.74) is -0.276. The number of carbonyl (C=O) groups is 3. The molecule has 0 unspecified atom stereocenters. The van der Waals surface area contributed by atoms with E-state index < -0.39 is 29.9 Å². The average molecular weight is 514 g/mol. The van der Waals surface area contributed by atoms with Crippen molar-refractivity contribution in [1.82, 2.24) is 10.2 Å². The molecule has 4 rings (SSSR count). The van der Waals surface area contributed by atoms with Crippen LogP contribution in [-0.4, -0.2) is 43.5 Å². The van der Waals surface area contributed by atoms with Crippen molar-refractivity contribution in [3.05, 3.63) is 87.9 Å². The molecular formula is C25H21Cl2N3O5. The van der Waals surface area contributed by atoms with E-state index in [0.29, 0.717) is 27.6 Å². The third-order valence-electron chi connectivity index (χ3n) is 5.66. The molecule has 8 nitrogen and oxygen atoms in total. The van der Waals surface area contributed by atoms with Crippen LogP contribution < -0.4 is 20.1 Å². The predicted molar refractivity (Wildman–Crippen MR) is 132 cm³/mol. The molecule has 10 heteroatoms. The zero-order chi connectivity index (χ0) is 25.2. The van der Waals surface area contributed by atoms with Crippen LogP contribution in [0.1, 0.15) is 11.1 Å². The number of hydrogen-bond donors (Lipinski definition) is 2. The molecule has 1 aliphatic rings. The summed E-state index contributed by atoms with van der Waals surface area (Å²) >= 11 is 12.1. The Morgan fingerprint density at radius 1 is 0.914 bits per heavy atom. The minimum Gasteiger partial charge on any atom is -0.497 e. The number of benzene rings is 3. The summed E-state index contributed by atoms with van der Waals surface area (Å²) in [5, 5.41) is 6.03. The zero-order valence-corrected chi connectivity index (χ0v) is 20.3. The second-order valence-electron chi connectivity index (χ2n) is 7.70. The molecular weight excluding hydrogens is 493 g/mol. The number of imide groups is 1. The Hall–Kier alpha value is -3.75. The van der Waals surface area contributed by atoms with Crippen molar-refractivity contribution in [3.8, 4) is 11.5 Å². The first-order chi connectivity index (χ1) is 16.8. The number of nitrogens with one attached hydrogen (secondary N) is 2. The van der Waals surface area contributed by atoms with Crippen LogP contribution in [0.15, 0.2) is 66.7 Å². The van der Waals surface area contributed by atoms with E-state index in [9.17, 15) is 14.4 Å². The van der Waals surface area contributed by atoms with Gasteiger partial charge in [-0.1, -0.05) is 47.5 Å². The van der Waals surface area contributed by atoms with E-state index in [0.717, 1.165) is 4.90 Å². The van der Waals surface area contributed by atoms with Gasteiger partial charge in [-0.25, -0.2) is 4.79 Å². The molecule has 4 amide bonds. The number of nitrogens with zero attached hydrogens (tertiary/aromatic N) is 1. The van der Waals surface area contributed by atoms with E-state index in [2.05, 4.69) is 10.6 Å². The maximum absolute atomic E-state index is 13.8. The molecule has 3 aromatic rings. The molecule has 2 N–H and O–H groups in total. The number of methoxy groups -OCH3 is 2. The molecule has 0 radical (unpaired) electrons. The smallest absolute Gasteiger partial charge is 0.326 e. The van der Waals surface area contributed by atoms with Gasteiger partial charge in [0.1, 0.15) is 18.0 Å². The number of hydrogen-bond acceptors (Lipinski definition) is 5. The highest BCUT2D eigenvalue weighted by atomic mass is 35.5. The zero-order valence-electron chi connectivity index (χ0n) is 18.8. The molecule has 0 aliphatic carbocycles. The van der Waals surface area contributed by atoms with Crippen LogP contribution in [0.4, 0.5) is 10.5 Å². The fourth-order valence-electron chi connectivity index (χ4n) is 3.89. The number of halogens is 2. The molecule has 1 aliphatic heterocycles. The largest absolute Gasteiger partial charge is 0.497 e. The van der Waals surface area contributed by atoms with E-state index in [1.807, 2.05) is 0 Å². The van der Waals surface area contributed by atoms with Crippen molar-refractivity contribution in [2.75, 3.05) is 26.1 Å². The Balaban J connectivity index is 1.68. The molecule has 0 aromatic heterocycles. The molecule has 0 bridgehead atoms. The van der Waals surface area contributed by atoms with Gasteiger partial charge in [-0.2, -0.15) is 0 Å². The standard InChI is InChI=1S/C25H21Cl2N3O5/c1-34-18-8-3-15(4-9-18)25(16-5-10-19(35-2)11-6-16)23(32)30(24(33)29-25)14-22(31)28-21-13-17(26)7-12-20(21)27/h3-13H,14H2,1-2H3,(H,28,31)(H,29,33). The minimum absolute atomic E-state index is 0.269. The fraction of sp³-hybridized carbons (Fsp3) is 0.160. The molecule has 1 saturated heterocycles. The first-order valence-electron chi connectivity index (χ1n) is 10.5. The van der Waals surface area contributed by atoms with Gasteiger partial charge in [-0.05, 0) is 53.6 Å². The van der Waals surface area contributed by atoms with Crippen LogP contribution >= 0.6 is 23.2 Å². The molecule has 1 fully saturated rings. The van der Waals surface area contributed by atoms with Crippen molar-refractivity contribution in [2.24, 2.45) is 0 Å². The highest BCUT2D eigenvalue weighted by Crippen LogP contribution is 2.37. The van der Waals surface area contributed by atoms with Crippen molar-refractivity contribution >= 4 is 46.7 Å². The van der Waals surface area contributed by atoms with E-state index in [-0.39, 0.29) is 10.7 Å². The fourth-order valence-corrected chi connectivity index (χ4v) is 4.22. The van der Waals surface area contributed by atoms with Gasteiger partial charge >= 0.3 is 6.03 Å². The Kier molecular flexibility index (Phi) is 6.86. The van der Waals surface area contributed by atoms with Crippen LogP contribution in [0.25, 0.3) is 0 Å². The highest BCUT2D eigenvalue weighted by molar-refractivity contribution is 6.35. The topological polar surface area (TPSA) is 97.0 Å². The third kappa shape index (κ3) is 4.62. The molecule has 0 atom stereocenters. The molecule has 0 saturated carbocycles. The second kappa shape index (κ2) is 9.85. The van der Waals surface area contributed by atoms with Crippen molar-refractivity contribution in [2.45, 2.75) is 5.54 Å². The highest BCUT2D eigenvalue weighted by Gasteiger charge is 2.54. The second-order valence-corrected chi connectivity index (χ2v) is 8.54. The maximum Gasteiger partial charge on any atom is 0.326 e. The van der Waals surface area contributed by atoms with E-state index in [1.54, 1.807) is 54.6 Å². The van der Waals surface area contributed by atoms with Gasteiger partial charge in [-0.3, -0.25) is 14.5 Å². The van der Waals surface area contributed by atoms with Gasteiger partial charge in [0.25, 0.3) is 5.91 Å². The number of ether oxygens (including phenoxy) is 2. The molecule has 0 spiro atoms. The molecule has 180 valence electrons. The van der Waals surface area contributed by atoms with Gasteiger partial charge in [-0.15, -0.1) is 0 Å². The summed E-state index contributed by atoms with van der Waals surface area (Å²) in [6.45, 7) is -0.526. The minimum atomic E-state index is -1.55. The summed E-state index contributed by atoms with van der Waals surface area (Å²) in [6, 6.07) is 17.4. The average Bonchev–Trinajstić information content (AvgIpc) is 3.12. The van der Waals surface area contributed by atoms with Gasteiger partial charge < -0.3 is 20.1 Å². The van der Waals surface area contributed by atoms with Gasteiger partial charge in [0, 0.05) is 5.02 Å². The quantitative estimate of drug-likeness (QED) is 0.455.